The van der Waals surface area contributed by atoms with Crippen molar-refractivity contribution < 1.29 is 14.7 Å². The van der Waals surface area contributed by atoms with Crippen LogP contribution in [0.2, 0.25) is 0 Å². The molecular formula is C27H26N2O3S. The van der Waals surface area contributed by atoms with Crippen LogP contribution in [0.5, 0.6) is 0 Å². The molecule has 3 N–H and O–H groups in total. The minimum Gasteiger partial charge on any atom is -0.480 e. The molecule has 1 heterocycles. The topological polar surface area (TPSA) is 82.2 Å². The van der Waals surface area contributed by atoms with Gasteiger partial charge in [0.25, 0.3) is 0 Å². The second-order valence-electron chi connectivity index (χ2n) is 8.05. The van der Waals surface area contributed by atoms with E-state index in [1.165, 1.54) is 0 Å². The molecule has 33 heavy (non-hydrogen) atoms. The number of aromatic nitrogens is 1. The van der Waals surface area contributed by atoms with Crippen molar-refractivity contribution in [2.75, 3.05) is 5.75 Å². The van der Waals surface area contributed by atoms with Gasteiger partial charge in [-0.1, -0.05) is 78.9 Å². The first kappa shape index (κ1) is 22.7. The van der Waals surface area contributed by atoms with Crippen molar-refractivity contribution in [1.82, 2.24) is 10.3 Å². The number of carbonyl (C=O) groups excluding carboxylic acids is 1. The molecule has 0 unspecified atom stereocenters. The lowest BCUT2D eigenvalue weighted by atomic mass is 9.81. The number of carbonyl (C=O) groups is 2. The fourth-order valence-electron chi connectivity index (χ4n) is 4.32. The summed E-state index contributed by atoms with van der Waals surface area (Å²) >= 11 is 4.49. The highest BCUT2D eigenvalue weighted by atomic mass is 32.1. The Labute approximate surface area is 198 Å². The largest absolute Gasteiger partial charge is 0.480 e. The van der Waals surface area contributed by atoms with E-state index in [0.717, 1.165) is 27.6 Å². The number of aromatic amines is 1. The monoisotopic (exact) mass is 458 g/mol. The second-order valence-corrected chi connectivity index (χ2v) is 8.42. The van der Waals surface area contributed by atoms with Crippen LogP contribution in [0.3, 0.4) is 0 Å². The van der Waals surface area contributed by atoms with Gasteiger partial charge in [0.1, 0.15) is 6.04 Å². The summed E-state index contributed by atoms with van der Waals surface area (Å²) in [5, 5.41) is 13.6. The van der Waals surface area contributed by atoms with E-state index in [1.807, 2.05) is 84.9 Å². The molecule has 0 aliphatic heterocycles. The fraction of sp³-hybridized carbons (Fsp3) is 0.185. The van der Waals surface area contributed by atoms with Crippen molar-refractivity contribution in [3.05, 3.63) is 108 Å². The highest BCUT2D eigenvalue weighted by Crippen LogP contribution is 2.33. The van der Waals surface area contributed by atoms with Crippen LogP contribution in [0.25, 0.3) is 10.9 Å². The van der Waals surface area contributed by atoms with Gasteiger partial charge in [-0.3, -0.25) is 4.79 Å². The average Bonchev–Trinajstić information content (AvgIpc) is 3.25. The number of benzene rings is 3. The molecule has 0 saturated heterocycles. The standard InChI is InChI=1S/C27H26N2O3S/c30-26(29-24(27(31)32)15-20-16-28-23-14-8-7-13-21(20)23)22(17-33)25(18-9-3-1-4-10-18)19-11-5-2-6-12-19/h1-14,16,22,24-25,28,33H,15,17H2,(H,29,30)(H,31,32)/t22-,24-/m0/s1. The van der Waals surface area contributed by atoms with E-state index in [0.29, 0.717) is 0 Å². The van der Waals surface area contributed by atoms with Crippen LogP contribution < -0.4 is 5.32 Å². The summed E-state index contributed by atoms with van der Waals surface area (Å²) in [5.74, 6) is -1.90. The summed E-state index contributed by atoms with van der Waals surface area (Å²) in [5.41, 5.74) is 3.76. The van der Waals surface area contributed by atoms with Gasteiger partial charge in [0.2, 0.25) is 5.91 Å². The number of aliphatic carboxylic acids is 1. The first-order valence-corrected chi connectivity index (χ1v) is 11.5. The molecular weight excluding hydrogens is 432 g/mol. The van der Waals surface area contributed by atoms with E-state index in [-0.39, 0.29) is 24.0 Å². The Morgan fingerprint density at radius 2 is 1.45 bits per heavy atom. The molecule has 1 amide bonds. The van der Waals surface area contributed by atoms with Crippen molar-refractivity contribution >= 4 is 35.4 Å². The first-order valence-electron chi connectivity index (χ1n) is 10.9. The number of para-hydroxylation sites is 1. The van der Waals surface area contributed by atoms with Gasteiger partial charge in [-0.25, -0.2) is 4.79 Å². The van der Waals surface area contributed by atoms with Crippen LogP contribution in [0.4, 0.5) is 0 Å². The summed E-state index contributed by atoms with van der Waals surface area (Å²) < 4.78 is 0. The molecule has 0 saturated carbocycles. The molecule has 0 radical (unpaired) electrons. The minimum atomic E-state index is -1.07. The molecule has 168 valence electrons. The predicted molar refractivity (Wildman–Crippen MR) is 134 cm³/mol. The van der Waals surface area contributed by atoms with Crippen LogP contribution >= 0.6 is 12.6 Å². The van der Waals surface area contributed by atoms with Crippen molar-refractivity contribution in [3.63, 3.8) is 0 Å². The number of thiol groups is 1. The summed E-state index contributed by atoms with van der Waals surface area (Å²) in [6, 6.07) is 26.2. The number of amides is 1. The molecule has 2 atom stereocenters. The Morgan fingerprint density at radius 3 is 2.03 bits per heavy atom. The lowest BCUT2D eigenvalue weighted by Gasteiger charge is -2.27. The number of hydrogen-bond donors (Lipinski definition) is 4. The normalized spacial score (nSPS) is 13.0. The van der Waals surface area contributed by atoms with Crippen molar-refractivity contribution in [2.24, 2.45) is 5.92 Å². The number of H-pyrrole nitrogens is 1. The predicted octanol–water partition coefficient (Wildman–Crippen LogP) is 4.66. The Morgan fingerprint density at radius 1 is 0.879 bits per heavy atom. The number of nitrogens with one attached hydrogen (secondary N) is 2. The molecule has 0 aliphatic rings. The minimum absolute atomic E-state index is 0.186. The van der Waals surface area contributed by atoms with Gasteiger partial charge in [-0.15, -0.1) is 0 Å². The zero-order valence-corrected chi connectivity index (χ0v) is 18.9. The molecule has 0 aliphatic carbocycles. The Bertz CT molecular complexity index is 1180. The molecule has 0 bridgehead atoms. The van der Waals surface area contributed by atoms with Crippen LogP contribution in [-0.4, -0.2) is 33.8 Å². The summed E-state index contributed by atoms with van der Waals surface area (Å²) in [6.07, 6.45) is 1.99. The highest BCUT2D eigenvalue weighted by molar-refractivity contribution is 7.80. The Hall–Kier alpha value is -3.51. The molecule has 4 aromatic rings. The zero-order chi connectivity index (χ0) is 23.2. The molecule has 0 spiro atoms. The maximum absolute atomic E-state index is 13.4. The molecule has 0 fully saturated rings. The van der Waals surface area contributed by atoms with Crippen LogP contribution in [0, 0.1) is 5.92 Å². The SMILES string of the molecule is O=C(O)[C@H](Cc1c[nH]c2ccccc12)NC(=O)[C@@H](CS)C(c1ccccc1)c1ccccc1. The Balaban J connectivity index is 1.61. The maximum atomic E-state index is 13.4. The summed E-state index contributed by atoms with van der Waals surface area (Å²) in [6.45, 7) is 0. The van der Waals surface area contributed by atoms with E-state index < -0.39 is 17.9 Å². The van der Waals surface area contributed by atoms with Gasteiger partial charge < -0.3 is 15.4 Å². The number of hydrogen-bond acceptors (Lipinski definition) is 3. The first-order chi connectivity index (χ1) is 16.1. The number of carboxylic acid groups (broad SMARTS) is 1. The van der Waals surface area contributed by atoms with Gasteiger partial charge in [0.15, 0.2) is 0 Å². The van der Waals surface area contributed by atoms with E-state index in [2.05, 4.69) is 22.9 Å². The molecule has 4 rings (SSSR count). The molecule has 6 heteroatoms. The maximum Gasteiger partial charge on any atom is 0.326 e. The summed E-state index contributed by atoms with van der Waals surface area (Å²) in [4.78, 5) is 28.7. The average molecular weight is 459 g/mol. The van der Waals surface area contributed by atoms with E-state index in [1.54, 1.807) is 6.20 Å². The fourth-order valence-corrected chi connectivity index (χ4v) is 4.69. The summed E-state index contributed by atoms with van der Waals surface area (Å²) in [7, 11) is 0. The second kappa shape index (κ2) is 10.4. The lowest BCUT2D eigenvalue weighted by Crippen LogP contribution is -2.46. The third kappa shape index (κ3) is 5.12. The number of rotatable bonds is 9. The van der Waals surface area contributed by atoms with Crippen LogP contribution in [0.15, 0.2) is 91.1 Å². The highest BCUT2D eigenvalue weighted by Gasteiger charge is 2.32. The van der Waals surface area contributed by atoms with Crippen LogP contribution in [-0.2, 0) is 16.0 Å². The van der Waals surface area contributed by atoms with Crippen LogP contribution in [0.1, 0.15) is 22.6 Å². The van der Waals surface area contributed by atoms with Gasteiger partial charge >= 0.3 is 5.97 Å². The smallest absolute Gasteiger partial charge is 0.326 e. The molecule has 3 aromatic carbocycles. The van der Waals surface area contributed by atoms with Gasteiger partial charge in [0, 0.05) is 35.2 Å². The van der Waals surface area contributed by atoms with E-state index in [4.69, 9.17) is 0 Å². The number of carboxylic acids is 1. The molecule has 1 aromatic heterocycles. The lowest BCUT2D eigenvalue weighted by molar-refractivity contribution is -0.142. The van der Waals surface area contributed by atoms with Gasteiger partial charge in [-0.05, 0) is 22.8 Å². The zero-order valence-electron chi connectivity index (χ0n) is 18.0. The van der Waals surface area contributed by atoms with E-state index in [9.17, 15) is 14.7 Å². The van der Waals surface area contributed by atoms with Crippen molar-refractivity contribution in [1.29, 1.82) is 0 Å². The van der Waals surface area contributed by atoms with Gasteiger partial charge in [-0.2, -0.15) is 12.6 Å². The quantitative estimate of drug-likeness (QED) is 0.275. The van der Waals surface area contributed by atoms with E-state index >= 15 is 0 Å². The number of fused-ring (bicyclic) bond motifs is 1. The third-order valence-corrected chi connectivity index (χ3v) is 6.36. The third-order valence-electron chi connectivity index (χ3n) is 5.97. The van der Waals surface area contributed by atoms with Gasteiger partial charge in [0.05, 0.1) is 5.92 Å². The molecule has 5 nitrogen and oxygen atoms in total. The Kier molecular flexibility index (Phi) is 7.15. The van der Waals surface area contributed by atoms with Crippen molar-refractivity contribution in [2.45, 2.75) is 18.4 Å². The van der Waals surface area contributed by atoms with Crippen molar-refractivity contribution in [3.8, 4) is 0 Å².